The molecule has 34 heavy (non-hydrogen) atoms. The Hall–Kier alpha value is -1.32. The number of esters is 2. The van der Waals surface area contributed by atoms with Crippen LogP contribution in [0.15, 0.2) is 11.1 Å². The summed E-state index contributed by atoms with van der Waals surface area (Å²) in [6.07, 6.45) is 21.8. The molecule has 0 heterocycles. The first kappa shape index (κ1) is 30.7. The summed E-state index contributed by atoms with van der Waals surface area (Å²) in [7, 11) is 0. The van der Waals surface area contributed by atoms with E-state index in [9.17, 15) is 9.59 Å². The van der Waals surface area contributed by atoms with Crippen LogP contribution in [0.1, 0.15) is 149 Å². The first-order valence-corrected chi connectivity index (χ1v) is 14.7. The van der Waals surface area contributed by atoms with E-state index in [0.717, 1.165) is 64.2 Å². The molecule has 4 nitrogen and oxygen atoms in total. The van der Waals surface area contributed by atoms with E-state index in [1.807, 2.05) is 0 Å². The molecule has 0 saturated heterocycles. The summed E-state index contributed by atoms with van der Waals surface area (Å²) in [5, 5.41) is 0. The van der Waals surface area contributed by atoms with Gasteiger partial charge in [0.15, 0.2) is 0 Å². The molecule has 1 aliphatic carbocycles. The lowest BCUT2D eigenvalue weighted by Gasteiger charge is -2.26. The number of hydrogen-bond donors (Lipinski definition) is 0. The molecule has 0 N–H and O–H groups in total. The maximum absolute atomic E-state index is 13.3. The third-order valence-corrected chi connectivity index (χ3v) is 7.05. The Bertz CT molecular complexity index is 560. The fourth-order valence-electron chi connectivity index (χ4n) is 4.89. The summed E-state index contributed by atoms with van der Waals surface area (Å²) in [6, 6.07) is 0. The van der Waals surface area contributed by atoms with Crippen molar-refractivity contribution in [2.75, 3.05) is 13.2 Å². The van der Waals surface area contributed by atoms with E-state index in [2.05, 4.69) is 20.8 Å². The van der Waals surface area contributed by atoms with Crippen LogP contribution in [0.2, 0.25) is 0 Å². The Morgan fingerprint density at radius 3 is 1.59 bits per heavy atom. The Kier molecular flexibility index (Phi) is 19.0. The van der Waals surface area contributed by atoms with Gasteiger partial charge in [0.05, 0.1) is 18.8 Å². The number of carbonyl (C=O) groups is 2. The molecule has 0 atom stereocenters. The van der Waals surface area contributed by atoms with Crippen molar-refractivity contribution in [1.82, 2.24) is 0 Å². The van der Waals surface area contributed by atoms with Gasteiger partial charge in [0.25, 0.3) is 0 Å². The zero-order valence-corrected chi connectivity index (χ0v) is 22.8. The van der Waals surface area contributed by atoms with Gasteiger partial charge >= 0.3 is 11.9 Å². The van der Waals surface area contributed by atoms with E-state index in [-0.39, 0.29) is 17.9 Å². The minimum Gasteiger partial charge on any atom is -0.462 e. The lowest BCUT2D eigenvalue weighted by atomic mass is 9.81. The molecule has 4 heteroatoms. The lowest BCUT2D eigenvalue weighted by molar-refractivity contribution is -0.143. The van der Waals surface area contributed by atoms with Crippen molar-refractivity contribution >= 4 is 11.9 Å². The second kappa shape index (κ2) is 21.0. The van der Waals surface area contributed by atoms with Gasteiger partial charge in [0, 0.05) is 5.57 Å². The van der Waals surface area contributed by atoms with Crippen LogP contribution in [0.5, 0.6) is 0 Å². The molecule has 198 valence electrons. The van der Waals surface area contributed by atoms with Crippen LogP contribution in [-0.2, 0) is 19.1 Å². The lowest BCUT2D eigenvalue weighted by Crippen LogP contribution is -2.24. The number of unbranched alkanes of at least 4 members (excludes halogenated alkanes) is 11. The number of carbonyl (C=O) groups excluding carboxylic acids is 2. The van der Waals surface area contributed by atoms with Crippen molar-refractivity contribution in [3.8, 4) is 0 Å². The SMILES string of the molecule is CCCCCCCCOC(=O)C(CCCC)=C(C(=O)OCCCCCCCC)C1CCCCC1. The fraction of sp³-hybridized carbons (Fsp3) is 0.867. The predicted octanol–water partition coefficient (Wildman–Crippen LogP) is 8.86. The van der Waals surface area contributed by atoms with Crippen LogP contribution in [-0.4, -0.2) is 25.2 Å². The molecule has 0 aromatic carbocycles. The van der Waals surface area contributed by atoms with Crippen molar-refractivity contribution in [3.05, 3.63) is 11.1 Å². The number of hydrogen-bond acceptors (Lipinski definition) is 4. The van der Waals surface area contributed by atoms with E-state index in [4.69, 9.17) is 9.47 Å². The largest absolute Gasteiger partial charge is 0.462 e. The highest BCUT2D eigenvalue weighted by atomic mass is 16.5. The average Bonchev–Trinajstić information content (AvgIpc) is 2.85. The van der Waals surface area contributed by atoms with E-state index in [0.29, 0.717) is 30.8 Å². The van der Waals surface area contributed by atoms with Crippen molar-refractivity contribution in [2.24, 2.45) is 5.92 Å². The molecule has 1 aliphatic rings. The molecule has 1 saturated carbocycles. The molecule has 0 spiro atoms. The number of ether oxygens (including phenoxy) is 2. The second-order valence-corrected chi connectivity index (χ2v) is 10.1. The molecule has 0 radical (unpaired) electrons. The van der Waals surface area contributed by atoms with Crippen LogP contribution in [0.4, 0.5) is 0 Å². The van der Waals surface area contributed by atoms with Gasteiger partial charge in [0.2, 0.25) is 0 Å². The molecular weight excluding hydrogens is 424 g/mol. The highest BCUT2D eigenvalue weighted by Crippen LogP contribution is 2.34. The van der Waals surface area contributed by atoms with Crippen LogP contribution in [0.25, 0.3) is 0 Å². The van der Waals surface area contributed by atoms with E-state index >= 15 is 0 Å². The smallest absolute Gasteiger partial charge is 0.334 e. The van der Waals surface area contributed by atoms with E-state index in [1.54, 1.807) is 0 Å². The van der Waals surface area contributed by atoms with E-state index < -0.39 is 0 Å². The first-order chi connectivity index (χ1) is 16.7. The Morgan fingerprint density at radius 2 is 1.06 bits per heavy atom. The third-order valence-electron chi connectivity index (χ3n) is 7.05. The quantitative estimate of drug-likeness (QED) is 0.0996. The van der Waals surface area contributed by atoms with E-state index in [1.165, 1.54) is 57.8 Å². The second-order valence-electron chi connectivity index (χ2n) is 10.1. The highest BCUT2D eigenvalue weighted by molar-refractivity contribution is 6.00. The topological polar surface area (TPSA) is 52.6 Å². The maximum atomic E-state index is 13.3. The zero-order chi connectivity index (χ0) is 24.9. The fourth-order valence-corrected chi connectivity index (χ4v) is 4.89. The van der Waals surface area contributed by atoms with Crippen LogP contribution >= 0.6 is 0 Å². The molecule has 1 rings (SSSR count). The summed E-state index contributed by atoms with van der Waals surface area (Å²) >= 11 is 0. The normalized spacial score (nSPS) is 15.1. The Morgan fingerprint density at radius 1 is 0.588 bits per heavy atom. The molecule has 1 fully saturated rings. The van der Waals surface area contributed by atoms with Crippen molar-refractivity contribution in [2.45, 2.75) is 149 Å². The predicted molar refractivity (Wildman–Crippen MR) is 142 cm³/mol. The number of rotatable bonds is 20. The van der Waals surface area contributed by atoms with Gasteiger partial charge in [-0.05, 0) is 44.4 Å². The first-order valence-electron chi connectivity index (χ1n) is 14.7. The van der Waals surface area contributed by atoms with Gasteiger partial charge in [-0.3, -0.25) is 0 Å². The van der Waals surface area contributed by atoms with Crippen LogP contribution in [0.3, 0.4) is 0 Å². The van der Waals surface area contributed by atoms with Gasteiger partial charge in [-0.15, -0.1) is 0 Å². The van der Waals surface area contributed by atoms with Gasteiger partial charge in [0.1, 0.15) is 0 Å². The molecule has 0 aromatic heterocycles. The van der Waals surface area contributed by atoms with Crippen molar-refractivity contribution in [3.63, 3.8) is 0 Å². The molecule has 0 unspecified atom stereocenters. The van der Waals surface area contributed by atoms with Gasteiger partial charge in [-0.2, -0.15) is 0 Å². The minimum absolute atomic E-state index is 0.138. The summed E-state index contributed by atoms with van der Waals surface area (Å²) in [4.78, 5) is 26.4. The standard InChI is InChI=1S/C30H54O4/c1-4-7-10-12-14-19-24-33-29(31)27(23-9-6-3)28(26-21-17-16-18-22-26)30(32)34-25-20-15-13-11-8-5-2/h26H,4-25H2,1-3H3. The van der Waals surface area contributed by atoms with Crippen molar-refractivity contribution < 1.29 is 19.1 Å². The van der Waals surface area contributed by atoms with Crippen LogP contribution < -0.4 is 0 Å². The van der Waals surface area contributed by atoms with Crippen LogP contribution in [0, 0.1) is 5.92 Å². The summed E-state index contributed by atoms with van der Waals surface area (Å²) in [5.74, 6) is -0.401. The molecule has 0 amide bonds. The molecule has 0 aromatic rings. The zero-order valence-electron chi connectivity index (χ0n) is 22.8. The molecule has 0 bridgehead atoms. The monoisotopic (exact) mass is 478 g/mol. The Labute approximate surface area is 210 Å². The van der Waals surface area contributed by atoms with Crippen molar-refractivity contribution in [1.29, 1.82) is 0 Å². The summed E-state index contributed by atoms with van der Waals surface area (Å²) in [6.45, 7) is 7.46. The Balaban J connectivity index is 2.78. The average molecular weight is 479 g/mol. The molecule has 0 aliphatic heterocycles. The highest BCUT2D eigenvalue weighted by Gasteiger charge is 2.30. The van der Waals surface area contributed by atoms with Gasteiger partial charge < -0.3 is 9.47 Å². The minimum atomic E-state index is -0.279. The molecular formula is C30H54O4. The third kappa shape index (κ3) is 13.5. The summed E-state index contributed by atoms with van der Waals surface area (Å²) in [5.41, 5.74) is 1.25. The summed E-state index contributed by atoms with van der Waals surface area (Å²) < 4.78 is 11.5. The van der Waals surface area contributed by atoms with Gasteiger partial charge in [-0.25, -0.2) is 9.59 Å². The maximum Gasteiger partial charge on any atom is 0.334 e. The van der Waals surface area contributed by atoms with Gasteiger partial charge in [-0.1, -0.05) is 111 Å².